The number of allylic oxidation sites excluding steroid dienone is 5. The van der Waals surface area contributed by atoms with Gasteiger partial charge in [-0.25, -0.2) is 0 Å². The summed E-state index contributed by atoms with van der Waals surface area (Å²) in [6, 6.07) is -0.627. The van der Waals surface area contributed by atoms with Gasteiger partial charge in [0.05, 0.1) is 25.4 Å². The molecule has 0 aromatic carbocycles. The standard InChI is InChI=1S/C82H157NO5/c1-3-5-7-9-11-13-15-17-19-21-39-44-48-52-56-60-64-68-72-76-82(87)88-77-73-69-65-61-57-53-49-45-41-38-36-34-32-30-28-26-24-22-23-25-27-29-31-33-35-37-40-43-47-51-55-59-63-67-71-75-81(86)83-79(78-84)80(85)74-70-66-62-58-54-50-46-42-20-18-16-14-12-10-8-6-4-2/h24,26,30,32,70,74,79-80,84-85H,3-23,25,27-29,31,33-69,71-73,75-78H2,1-2H3,(H,83,86)/b26-24-,32-30-,74-70+. The first-order valence-corrected chi connectivity index (χ1v) is 40.3. The summed E-state index contributed by atoms with van der Waals surface area (Å²) in [6.07, 6.45) is 101. The Balaban J connectivity index is 3.36. The van der Waals surface area contributed by atoms with Gasteiger partial charge in [-0.1, -0.05) is 410 Å². The number of ether oxygens (including phenoxy) is 1. The van der Waals surface area contributed by atoms with Crippen molar-refractivity contribution in [2.24, 2.45) is 0 Å². The van der Waals surface area contributed by atoms with Crippen molar-refractivity contribution in [3.63, 3.8) is 0 Å². The molecular formula is C82H157NO5. The first kappa shape index (κ1) is 86.1. The van der Waals surface area contributed by atoms with Crippen molar-refractivity contribution < 1.29 is 24.5 Å². The van der Waals surface area contributed by atoms with Crippen molar-refractivity contribution in [2.75, 3.05) is 13.2 Å². The van der Waals surface area contributed by atoms with Crippen LogP contribution in [0, 0.1) is 0 Å². The summed E-state index contributed by atoms with van der Waals surface area (Å²) in [5.74, 6) is -0.0400. The molecule has 0 aliphatic rings. The number of aliphatic hydroxyl groups is 2. The van der Waals surface area contributed by atoms with Crippen molar-refractivity contribution in [3.05, 3.63) is 36.5 Å². The highest BCUT2D eigenvalue weighted by atomic mass is 16.5. The average molecular weight is 1240 g/mol. The SMILES string of the molecule is CCCCCCCCCCCCCCCCC/C=C/C(O)C(CO)NC(=O)CCCCCCCCCCCCCCCCCCC/C=C\C/C=C\CCCCCCCCCCCCCOC(=O)CCCCCCCCCCCCCCCCCCCCC. The lowest BCUT2D eigenvalue weighted by Gasteiger charge is -2.20. The van der Waals surface area contributed by atoms with Crippen LogP contribution in [0.3, 0.4) is 0 Å². The van der Waals surface area contributed by atoms with Gasteiger partial charge >= 0.3 is 5.97 Å². The zero-order valence-electron chi connectivity index (χ0n) is 59.7. The molecular weight excluding hydrogens is 1080 g/mol. The lowest BCUT2D eigenvalue weighted by atomic mass is 10.0. The van der Waals surface area contributed by atoms with Gasteiger partial charge in [-0.05, 0) is 64.2 Å². The molecule has 6 heteroatoms. The highest BCUT2D eigenvalue weighted by molar-refractivity contribution is 5.76. The second-order valence-corrected chi connectivity index (χ2v) is 27.8. The molecule has 0 bridgehead atoms. The molecule has 0 heterocycles. The predicted octanol–water partition coefficient (Wildman–Crippen LogP) is 26.6. The van der Waals surface area contributed by atoms with Crippen molar-refractivity contribution in [1.82, 2.24) is 5.32 Å². The summed E-state index contributed by atoms with van der Waals surface area (Å²) in [4.78, 5) is 24.6. The summed E-state index contributed by atoms with van der Waals surface area (Å²) < 4.78 is 5.52. The van der Waals surface area contributed by atoms with Crippen LogP contribution >= 0.6 is 0 Å². The predicted molar refractivity (Wildman–Crippen MR) is 389 cm³/mol. The Morgan fingerprint density at radius 1 is 0.318 bits per heavy atom. The topological polar surface area (TPSA) is 95.9 Å². The molecule has 0 spiro atoms. The molecule has 0 fully saturated rings. The Labute approximate surface area is 551 Å². The van der Waals surface area contributed by atoms with Crippen LogP contribution in [0.4, 0.5) is 0 Å². The molecule has 0 saturated carbocycles. The number of aliphatic hydroxyl groups excluding tert-OH is 2. The zero-order chi connectivity index (χ0) is 63.5. The van der Waals surface area contributed by atoms with E-state index in [9.17, 15) is 19.8 Å². The van der Waals surface area contributed by atoms with Gasteiger partial charge in [0.2, 0.25) is 5.91 Å². The second kappa shape index (κ2) is 77.5. The number of hydrogen-bond acceptors (Lipinski definition) is 5. The van der Waals surface area contributed by atoms with E-state index in [1.54, 1.807) is 6.08 Å². The van der Waals surface area contributed by atoms with Gasteiger partial charge in [-0.3, -0.25) is 9.59 Å². The Bertz CT molecular complexity index is 1430. The second-order valence-electron chi connectivity index (χ2n) is 27.8. The summed E-state index contributed by atoms with van der Waals surface area (Å²) >= 11 is 0. The molecule has 2 atom stereocenters. The Kier molecular flexibility index (Phi) is 75.8. The number of hydrogen-bond donors (Lipinski definition) is 3. The van der Waals surface area contributed by atoms with Crippen LogP contribution in [0.5, 0.6) is 0 Å². The third kappa shape index (κ3) is 73.1. The summed E-state index contributed by atoms with van der Waals surface area (Å²) in [5, 5.41) is 23.2. The molecule has 0 aliphatic heterocycles. The quantitative estimate of drug-likeness (QED) is 0.0320. The van der Waals surface area contributed by atoms with E-state index in [2.05, 4.69) is 43.5 Å². The Morgan fingerprint density at radius 3 is 0.864 bits per heavy atom. The third-order valence-corrected chi connectivity index (χ3v) is 18.9. The molecule has 88 heavy (non-hydrogen) atoms. The van der Waals surface area contributed by atoms with E-state index in [4.69, 9.17) is 4.74 Å². The number of carbonyl (C=O) groups is 2. The minimum atomic E-state index is -0.843. The molecule has 6 nitrogen and oxygen atoms in total. The molecule has 3 N–H and O–H groups in total. The van der Waals surface area contributed by atoms with E-state index in [1.165, 1.54) is 379 Å². The summed E-state index contributed by atoms with van der Waals surface area (Å²) in [5.41, 5.74) is 0. The van der Waals surface area contributed by atoms with Crippen LogP contribution in [0.25, 0.3) is 0 Å². The third-order valence-electron chi connectivity index (χ3n) is 18.9. The van der Waals surface area contributed by atoms with Crippen molar-refractivity contribution in [3.8, 4) is 0 Å². The van der Waals surface area contributed by atoms with Gasteiger partial charge in [0.15, 0.2) is 0 Å². The monoisotopic (exact) mass is 1240 g/mol. The van der Waals surface area contributed by atoms with Crippen molar-refractivity contribution >= 4 is 11.9 Å². The fourth-order valence-electron chi connectivity index (χ4n) is 12.8. The van der Waals surface area contributed by atoms with Gasteiger partial charge in [-0.2, -0.15) is 0 Å². The number of carbonyl (C=O) groups excluding carboxylic acids is 2. The van der Waals surface area contributed by atoms with Gasteiger partial charge in [0.25, 0.3) is 0 Å². The molecule has 0 rings (SSSR count). The first-order chi connectivity index (χ1) is 43.5. The van der Waals surface area contributed by atoms with E-state index < -0.39 is 12.1 Å². The lowest BCUT2D eigenvalue weighted by molar-refractivity contribution is -0.143. The molecule has 0 aromatic heterocycles. The van der Waals surface area contributed by atoms with Gasteiger partial charge < -0.3 is 20.3 Å². The number of rotatable bonds is 76. The Hall–Kier alpha value is -1.92. The molecule has 0 saturated heterocycles. The van der Waals surface area contributed by atoms with Crippen LogP contribution in [0.2, 0.25) is 0 Å². The number of amides is 1. The Morgan fingerprint density at radius 2 is 0.568 bits per heavy atom. The fraction of sp³-hybridized carbons (Fsp3) is 0.902. The first-order valence-electron chi connectivity index (χ1n) is 40.3. The lowest BCUT2D eigenvalue weighted by Crippen LogP contribution is -2.45. The van der Waals surface area contributed by atoms with Crippen LogP contribution < -0.4 is 5.32 Å². The number of nitrogens with one attached hydrogen (secondary N) is 1. The van der Waals surface area contributed by atoms with Crippen molar-refractivity contribution in [1.29, 1.82) is 0 Å². The molecule has 2 unspecified atom stereocenters. The van der Waals surface area contributed by atoms with E-state index in [0.717, 1.165) is 44.9 Å². The van der Waals surface area contributed by atoms with Crippen LogP contribution in [0.15, 0.2) is 36.5 Å². The zero-order valence-corrected chi connectivity index (χ0v) is 59.7. The highest BCUT2D eigenvalue weighted by Gasteiger charge is 2.18. The van der Waals surface area contributed by atoms with Gasteiger partial charge in [0.1, 0.15) is 0 Å². The molecule has 1 amide bonds. The average Bonchev–Trinajstić information content (AvgIpc) is 3.58. The van der Waals surface area contributed by atoms with Crippen LogP contribution in [0.1, 0.15) is 450 Å². The van der Waals surface area contributed by atoms with E-state index >= 15 is 0 Å². The van der Waals surface area contributed by atoms with E-state index in [1.807, 2.05) is 6.08 Å². The van der Waals surface area contributed by atoms with Gasteiger partial charge in [-0.15, -0.1) is 0 Å². The maximum absolute atomic E-state index is 12.5. The molecule has 0 radical (unpaired) electrons. The molecule has 0 aromatic rings. The van der Waals surface area contributed by atoms with Crippen LogP contribution in [-0.2, 0) is 14.3 Å². The van der Waals surface area contributed by atoms with Crippen molar-refractivity contribution in [2.45, 2.75) is 463 Å². The van der Waals surface area contributed by atoms with Crippen LogP contribution in [-0.4, -0.2) is 47.4 Å². The summed E-state index contributed by atoms with van der Waals surface area (Å²) in [7, 11) is 0. The summed E-state index contributed by atoms with van der Waals surface area (Å²) in [6.45, 7) is 4.95. The normalized spacial score (nSPS) is 12.6. The maximum Gasteiger partial charge on any atom is 0.305 e. The number of unbranched alkanes of at least 4 members (excludes halogenated alkanes) is 61. The largest absolute Gasteiger partial charge is 0.466 e. The molecule has 0 aliphatic carbocycles. The number of esters is 1. The minimum Gasteiger partial charge on any atom is -0.466 e. The fourth-order valence-corrected chi connectivity index (χ4v) is 12.8. The maximum atomic E-state index is 12.5. The van der Waals surface area contributed by atoms with E-state index in [-0.39, 0.29) is 18.5 Å². The highest BCUT2D eigenvalue weighted by Crippen LogP contribution is 2.20. The van der Waals surface area contributed by atoms with Gasteiger partial charge in [0, 0.05) is 12.8 Å². The smallest absolute Gasteiger partial charge is 0.305 e. The minimum absolute atomic E-state index is 0.0222. The molecule has 520 valence electrons. The van der Waals surface area contributed by atoms with E-state index in [0.29, 0.717) is 19.4 Å².